The van der Waals surface area contributed by atoms with Crippen molar-refractivity contribution in [3.63, 3.8) is 0 Å². The van der Waals surface area contributed by atoms with Gasteiger partial charge < -0.3 is 11.1 Å². The van der Waals surface area contributed by atoms with Crippen LogP contribution in [0.3, 0.4) is 0 Å². The summed E-state index contributed by atoms with van der Waals surface area (Å²) >= 11 is 0. The Bertz CT molecular complexity index is 598. The average molecular weight is 316 g/mol. The van der Waals surface area contributed by atoms with Crippen LogP contribution >= 0.6 is 0 Å². The summed E-state index contributed by atoms with van der Waals surface area (Å²) in [6.07, 6.45) is 10.8. The minimum Gasteiger partial charge on any atom is -0.365 e. The van der Waals surface area contributed by atoms with Gasteiger partial charge in [0, 0.05) is 11.5 Å². The molecule has 3 aliphatic carbocycles. The summed E-state index contributed by atoms with van der Waals surface area (Å²) in [5, 5.41) is 3.08. The lowest BCUT2D eigenvalue weighted by Crippen LogP contribution is -2.60. The number of hydrogen-bond donors (Lipinski definition) is 2. The monoisotopic (exact) mass is 316 g/mol. The number of nitrogens with one attached hydrogen (secondary N) is 1. The quantitative estimate of drug-likeness (QED) is 0.730. The Morgan fingerprint density at radius 2 is 1.96 bits per heavy atom. The van der Waals surface area contributed by atoms with E-state index >= 15 is 0 Å². The van der Waals surface area contributed by atoms with Crippen molar-refractivity contribution in [2.75, 3.05) is 0 Å². The highest BCUT2D eigenvalue weighted by Gasteiger charge is 2.57. The van der Waals surface area contributed by atoms with Crippen LogP contribution in [-0.4, -0.2) is 17.9 Å². The standard InChI is InChI=1S/C19H28N2O2/c1-18-8-3-4-13(18)11-5-6-15-19(2,14(11)7-9-18)10-12(16(20)22)17(23)21-15/h10-11,13-15H,3-9H2,1-2H3,(H2,20,22)(H,21,23)/t11-,13-,14-,15+,18-,19+/m0/s1. The van der Waals surface area contributed by atoms with E-state index in [0.29, 0.717) is 11.3 Å². The van der Waals surface area contributed by atoms with E-state index in [1.165, 1.54) is 38.5 Å². The van der Waals surface area contributed by atoms with Crippen LogP contribution in [0.5, 0.6) is 0 Å². The van der Waals surface area contributed by atoms with Crippen molar-refractivity contribution in [1.82, 2.24) is 5.32 Å². The van der Waals surface area contributed by atoms with Crippen LogP contribution in [0.2, 0.25) is 0 Å². The molecule has 0 aromatic heterocycles. The van der Waals surface area contributed by atoms with Gasteiger partial charge in [-0.05, 0) is 61.7 Å². The van der Waals surface area contributed by atoms with Crippen LogP contribution in [0, 0.1) is 28.6 Å². The fourth-order valence-corrected chi connectivity index (χ4v) is 6.61. The Morgan fingerprint density at radius 1 is 1.17 bits per heavy atom. The number of hydrogen-bond acceptors (Lipinski definition) is 2. The van der Waals surface area contributed by atoms with Crippen LogP contribution in [-0.2, 0) is 9.59 Å². The van der Waals surface area contributed by atoms with Gasteiger partial charge in [0.25, 0.3) is 11.8 Å². The third-order valence-electron chi connectivity index (χ3n) is 7.83. The maximum Gasteiger partial charge on any atom is 0.256 e. The molecule has 0 radical (unpaired) electrons. The minimum atomic E-state index is -0.592. The minimum absolute atomic E-state index is 0.120. The smallest absolute Gasteiger partial charge is 0.256 e. The van der Waals surface area contributed by atoms with Crippen LogP contribution in [0.4, 0.5) is 0 Å². The van der Waals surface area contributed by atoms with E-state index in [1.807, 2.05) is 6.08 Å². The molecule has 3 N–H and O–H groups in total. The van der Waals surface area contributed by atoms with Crippen LogP contribution in [0.15, 0.2) is 11.6 Å². The van der Waals surface area contributed by atoms with Gasteiger partial charge in [-0.1, -0.05) is 26.3 Å². The Labute approximate surface area is 138 Å². The molecule has 0 unspecified atom stereocenters. The van der Waals surface area contributed by atoms with Gasteiger partial charge in [0.2, 0.25) is 0 Å². The van der Waals surface area contributed by atoms with Gasteiger partial charge in [0.15, 0.2) is 0 Å². The van der Waals surface area contributed by atoms with Crippen LogP contribution in [0.25, 0.3) is 0 Å². The molecule has 23 heavy (non-hydrogen) atoms. The number of carbonyl (C=O) groups excluding carboxylic acids is 2. The first-order valence-electron chi connectivity index (χ1n) is 9.19. The predicted octanol–water partition coefficient (Wildman–Crippen LogP) is 2.53. The molecule has 4 aliphatic rings. The topological polar surface area (TPSA) is 72.2 Å². The molecule has 0 aromatic rings. The van der Waals surface area contributed by atoms with Gasteiger partial charge in [-0.3, -0.25) is 9.59 Å². The number of primary amides is 1. The van der Waals surface area contributed by atoms with Crippen LogP contribution in [0.1, 0.15) is 58.8 Å². The molecule has 0 spiro atoms. The molecular formula is C19H28N2O2. The van der Waals surface area contributed by atoms with Crippen molar-refractivity contribution in [2.45, 2.75) is 64.8 Å². The molecule has 4 heteroatoms. The molecule has 0 aromatic carbocycles. The fourth-order valence-electron chi connectivity index (χ4n) is 6.61. The second-order valence-electron chi connectivity index (χ2n) is 8.85. The summed E-state index contributed by atoms with van der Waals surface area (Å²) in [5.41, 5.74) is 6.02. The third kappa shape index (κ3) is 2.03. The Morgan fingerprint density at radius 3 is 2.70 bits per heavy atom. The van der Waals surface area contributed by atoms with Crippen molar-refractivity contribution < 1.29 is 9.59 Å². The first kappa shape index (κ1) is 15.2. The van der Waals surface area contributed by atoms with Crippen molar-refractivity contribution >= 4 is 11.8 Å². The zero-order chi connectivity index (χ0) is 16.4. The van der Waals surface area contributed by atoms with E-state index in [1.54, 1.807) is 0 Å². The van der Waals surface area contributed by atoms with Crippen molar-refractivity contribution in [3.8, 4) is 0 Å². The Hall–Kier alpha value is -1.32. The summed E-state index contributed by atoms with van der Waals surface area (Å²) in [6, 6.07) is 0.158. The number of carbonyl (C=O) groups is 2. The molecule has 0 saturated heterocycles. The van der Waals surface area contributed by atoms with Gasteiger partial charge in [-0.15, -0.1) is 0 Å². The lowest BCUT2D eigenvalue weighted by molar-refractivity contribution is -0.127. The lowest BCUT2D eigenvalue weighted by Gasteiger charge is -2.58. The summed E-state index contributed by atoms with van der Waals surface area (Å²) in [5.74, 6) is 1.25. The molecule has 6 atom stereocenters. The summed E-state index contributed by atoms with van der Waals surface area (Å²) in [6.45, 7) is 4.73. The van der Waals surface area contributed by atoms with E-state index in [-0.39, 0.29) is 22.9 Å². The average Bonchev–Trinajstić information content (AvgIpc) is 2.89. The van der Waals surface area contributed by atoms with Crippen molar-refractivity contribution in [1.29, 1.82) is 0 Å². The van der Waals surface area contributed by atoms with E-state index in [0.717, 1.165) is 18.3 Å². The highest BCUT2D eigenvalue weighted by molar-refractivity contribution is 6.18. The SMILES string of the molecule is C[C@@]12CCC[C@H]1[C@@H]1CC[C@H]3NC(=O)C(C(N)=O)=C[C@]3(C)[C@H]1CC2. The maximum absolute atomic E-state index is 12.1. The normalized spacial score (nSPS) is 48.6. The molecule has 4 rings (SSSR count). The molecule has 1 heterocycles. The highest BCUT2D eigenvalue weighted by Crippen LogP contribution is 2.63. The third-order valence-corrected chi connectivity index (χ3v) is 7.83. The van der Waals surface area contributed by atoms with E-state index < -0.39 is 5.91 Å². The van der Waals surface area contributed by atoms with Gasteiger partial charge in [-0.2, -0.15) is 0 Å². The number of nitrogens with two attached hydrogens (primary N) is 1. The largest absolute Gasteiger partial charge is 0.365 e. The molecule has 126 valence electrons. The Balaban J connectivity index is 1.73. The number of rotatable bonds is 1. The van der Waals surface area contributed by atoms with Gasteiger partial charge in [0.1, 0.15) is 5.57 Å². The first-order chi connectivity index (χ1) is 10.8. The van der Waals surface area contributed by atoms with Gasteiger partial charge in [-0.25, -0.2) is 0 Å². The molecule has 1 aliphatic heterocycles. The van der Waals surface area contributed by atoms with E-state index in [9.17, 15) is 9.59 Å². The molecular weight excluding hydrogens is 288 g/mol. The lowest BCUT2D eigenvalue weighted by atomic mass is 9.48. The maximum atomic E-state index is 12.1. The second-order valence-corrected chi connectivity index (χ2v) is 8.85. The number of fused-ring (bicyclic) bond motifs is 5. The van der Waals surface area contributed by atoms with Crippen molar-refractivity contribution in [3.05, 3.63) is 11.6 Å². The summed E-state index contributed by atoms with van der Waals surface area (Å²) < 4.78 is 0. The highest BCUT2D eigenvalue weighted by atomic mass is 16.2. The number of amides is 2. The predicted molar refractivity (Wildman–Crippen MR) is 88.2 cm³/mol. The first-order valence-corrected chi connectivity index (χ1v) is 9.19. The van der Waals surface area contributed by atoms with E-state index in [2.05, 4.69) is 19.2 Å². The molecule has 3 saturated carbocycles. The molecule has 4 nitrogen and oxygen atoms in total. The summed E-state index contributed by atoms with van der Waals surface area (Å²) in [7, 11) is 0. The zero-order valence-electron chi connectivity index (χ0n) is 14.2. The van der Waals surface area contributed by atoms with Gasteiger partial charge >= 0.3 is 0 Å². The summed E-state index contributed by atoms with van der Waals surface area (Å²) in [4.78, 5) is 23.8. The van der Waals surface area contributed by atoms with Crippen molar-refractivity contribution in [2.24, 2.45) is 34.3 Å². The van der Waals surface area contributed by atoms with Crippen LogP contribution < -0.4 is 11.1 Å². The Kier molecular flexibility index (Phi) is 3.20. The van der Waals surface area contributed by atoms with Gasteiger partial charge in [0.05, 0.1) is 0 Å². The zero-order valence-corrected chi connectivity index (χ0v) is 14.2. The van der Waals surface area contributed by atoms with E-state index in [4.69, 9.17) is 5.73 Å². The molecule has 0 bridgehead atoms. The molecule has 3 fully saturated rings. The second kappa shape index (κ2) is 4.84. The fraction of sp³-hybridized carbons (Fsp3) is 0.789. The molecule has 2 amide bonds.